The monoisotopic (exact) mass is 486 g/mol. The SMILES string of the molecule is CCOc1ncc(Nc2cc(C(C)CC(=O)OC)ccc2N(CC(C)(C)O)C2CCOCC2)cn1. The minimum Gasteiger partial charge on any atom is -0.469 e. The summed E-state index contributed by atoms with van der Waals surface area (Å²) >= 11 is 0. The molecule has 192 valence electrons. The predicted octanol–water partition coefficient (Wildman–Crippen LogP) is 4.04. The van der Waals surface area contributed by atoms with E-state index in [1.807, 2.05) is 33.8 Å². The van der Waals surface area contributed by atoms with Crippen LogP contribution in [0.25, 0.3) is 0 Å². The quantitative estimate of drug-likeness (QED) is 0.455. The highest BCUT2D eigenvalue weighted by atomic mass is 16.5. The summed E-state index contributed by atoms with van der Waals surface area (Å²) in [4.78, 5) is 22.7. The zero-order chi connectivity index (χ0) is 25.4. The van der Waals surface area contributed by atoms with Crippen LogP contribution in [0.5, 0.6) is 6.01 Å². The molecule has 0 saturated carbocycles. The van der Waals surface area contributed by atoms with E-state index in [2.05, 4.69) is 32.3 Å². The second-order valence-electron chi connectivity index (χ2n) is 9.55. The lowest BCUT2D eigenvalue weighted by molar-refractivity contribution is -0.140. The smallest absolute Gasteiger partial charge is 0.316 e. The Hall–Kier alpha value is -2.91. The molecule has 0 bridgehead atoms. The number of ether oxygens (including phenoxy) is 3. The van der Waals surface area contributed by atoms with Gasteiger partial charge in [0.05, 0.1) is 55.2 Å². The first-order chi connectivity index (χ1) is 16.7. The van der Waals surface area contributed by atoms with Crippen molar-refractivity contribution in [1.82, 2.24) is 9.97 Å². The van der Waals surface area contributed by atoms with Gasteiger partial charge in [0.1, 0.15) is 0 Å². The van der Waals surface area contributed by atoms with Crippen molar-refractivity contribution < 1.29 is 24.1 Å². The van der Waals surface area contributed by atoms with Gasteiger partial charge in [-0.2, -0.15) is 0 Å². The van der Waals surface area contributed by atoms with Gasteiger partial charge in [0, 0.05) is 25.8 Å². The van der Waals surface area contributed by atoms with Crippen molar-refractivity contribution >= 4 is 23.0 Å². The van der Waals surface area contributed by atoms with E-state index >= 15 is 0 Å². The van der Waals surface area contributed by atoms with E-state index in [0.29, 0.717) is 38.1 Å². The summed E-state index contributed by atoms with van der Waals surface area (Å²) in [6.45, 7) is 9.86. The Morgan fingerprint density at radius 1 is 1.29 bits per heavy atom. The van der Waals surface area contributed by atoms with Crippen LogP contribution in [0.1, 0.15) is 58.4 Å². The van der Waals surface area contributed by atoms with Crippen LogP contribution < -0.4 is 15.0 Å². The molecule has 2 aromatic rings. The van der Waals surface area contributed by atoms with Gasteiger partial charge in [-0.15, -0.1) is 0 Å². The van der Waals surface area contributed by atoms with E-state index in [-0.39, 0.29) is 24.3 Å². The molecule has 0 spiro atoms. The number of carbonyl (C=O) groups is 1. The number of carbonyl (C=O) groups excluding carboxylic acids is 1. The van der Waals surface area contributed by atoms with Crippen molar-refractivity contribution in [3.05, 3.63) is 36.2 Å². The summed E-state index contributed by atoms with van der Waals surface area (Å²) in [6.07, 6.45) is 5.40. The second-order valence-corrected chi connectivity index (χ2v) is 9.55. The van der Waals surface area contributed by atoms with Crippen LogP contribution in [-0.2, 0) is 14.3 Å². The second kappa shape index (κ2) is 12.2. The molecule has 3 rings (SSSR count). The van der Waals surface area contributed by atoms with E-state index in [9.17, 15) is 9.90 Å². The highest BCUT2D eigenvalue weighted by Crippen LogP contribution is 2.36. The fourth-order valence-corrected chi connectivity index (χ4v) is 4.23. The Bertz CT molecular complexity index is 955. The molecule has 1 aliphatic rings. The molecule has 9 nitrogen and oxygen atoms in total. The Balaban J connectivity index is 2.00. The summed E-state index contributed by atoms with van der Waals surface area (Å²) in [7, 11) is 1.40. The number of nitrogens with one attached hydrogen (secondary N) is 1. The number of nitrogens with zero attached hydrogens (tertiary/aromatic N) is 3. The van der Waals surface area contributed by atoms with Crippen molar-refractivity contribution in [2.75, 3.05) is 43.7 Å². The van der Waals surface area contributed by atoms with E-state index in [1.165, 1.54) is 7.11 Å². The molecule has 2 N–H and O–H groups in total. The minimum atomic E-state index is -0.894. The third-order valence-electron chi connectivity index (χ3n) is 5.97. The maximum atomic E-state index is 11.9. The first-order valence-corrected chi connectivity index (χ1v) is 12.2. The third kappa shape index (κ3) is 7.80. The van der Waals surface area contributed by atoms with Crippen molar-refractivity contribution in [2.24, 2.45) is 0 Å². The number of aromatic nitrogens is 2. The maximum Gasteiger partial charge on any atom is 0.316 e. The largest absolute Gasteiger partial charge is 0.469 e. The molecule has 0 amide bonds. The molecule has 1 aromatic heterocycles. The molecular formula is C26H38N4O5. The number of methoxy groups -OCH3 is 1. The van der Waals surface area contributed by atoms with Crippen LogP contribution >= 0.6 is 0 Å². The number of hydrogen-bond acceptors (Lipinski definition) is 9. The number of benzene rings is 1. The van der Waals surface area contributed by atoms with Crippen LogP contribution in [0.4, 0.5) is 17.1 Å². The highest BCUT2D eigenvalue weighted by molar-refractivity contribution is 5.77. The van der Waals surface area contributed by atoms with Crippen LogP contribution in [0, 0.1) is 0 Å². The Labute approximate surface area is 207 Å². The Kier molecular flexibility index (Phi) is 9.28. The molecule has 1 unspecified atom stereocenters. The minimum absolute atomic E-state index is 0.0283. The molecule has 1 atom stereocenters. The molecule has 9 heteroatoms. The van der Waals surface area contributed by atoms with Gasteiger partial charge in [-0.1, -0.05) is 13.0 Å². The molecule has 35 heavy (non-hydrogen) atoms. The van der Waals surface area contributed by atoms with Crippen LogP contribution in [0.15, 0.2) is 30.6 Å². The Morgan fingerprint density at radius 3 is 2.57 bits per heavy atom. The predicted molar refractivity (Wildman–Crippen MR) is 135 cm³/mol. The summed E-state index contributed by atoms with van der Waals surface area (Å²) in [6, 6.07) is 6.70. The Morgan fingerprint density at radius 2 is 1.97 bits per heavy atom. The average Bonchev–Trinajstić information content (AvgIpc) is 2.84. The summed E-state index contributed by atoms with van der Waals surface area (Å²) < 4.78 is 15.8. The van der Waals surface area contributed by atoms with Gasteiger partial charge in [0.25, 0.3) is 0 Å². The van der Waals surface area contributed by atoms with Gasteiger partial charge in [-0.05, 0) is 57.2 Å². The lowest BCUT2D eigenvalue weighted by atomic mass is 9.95. The van der Waals surface area contributed by atoms with Crippen LogP contribution in [0.3, 0.4) is 0 Å². The van der Waals surface area contributed by atoms with Gasteiger partial charge in [-0.3, -0.25) is 4.79 Å². The summed E-state index contributed by atoms with van der Waals surface area (Å²) in [5.41, 5.74) is 2.63. The summed E-state index contributed by atoms with van der Waals surface area (Å²) in [5.74, 6) is -0.277. The number of aliphatic hydroxyl groups is 1. The van der Waals surface area contributed by atoms with E-state index in [4.69, 9.17) is 14.2 Å². The van der Waals surface area contributed by atoms with E-state index < -0.39 is 5.60 Å². The zero-order valence-electron chi connectivity index (χ0n) is 21.4. The van der Waals surface area contributed by atoms with Gasteiger partial charge in [0.15, 0.2) is 0 Å². The van der Waals surface area contributed by atoms with Crippen LogP contribution in [0.2, 0.25) is 0 Å². The lowest BCUT2D eigenvalue weighted by Crippen LogP contribution is -2.47. The number of esters is 1. The fraction of sp³-hybridized carbons (Fsp3) is 0.577. The lowest BCUT2D eigenvalue weighted by Gasteiger charge is -2.40. The topological polar surface area (TPSA) is 106 Å². The molecule has 1 aliphatic heterocycles. The molecule has 1 aromatic carbocycles. The van der Waals surface area contributed by atoms with Gasteiger partial charge >= 0.3 is 12.0 Å². The molecular weight excluding hydrogens is 448 g/mol. The third-order valence-corrected chi connectivity index (χ3v) is 5.97. The van der Waals surface area contributed by atoms with Crippen molar-refractivity contribution in [3.63, 3.8) is 0 Å². The molecule has 1 saturated heterocycles. The molecule has 0 radical (unpaired) electrons. The number of hydrogen-bond donors (Lipinski definition) is 2. The van der Waals surface area contributed by atoms with Gasteiger partial charge in [-0.25, -0.2) is 9.97 Å². The van der Waals surface area contributed by atoms with E-state index in [1.54, 1.807) is 12.4 Å². The molecule has 2 heterocycles. The highest BCUT2D eigenvalue weighted by Gasteiger charge is 2.29. The molecule has 0 aliphatic carbocycles. The van der Waals surface area contributed by atoms with E-state index in [0.717, 1.165) is 29.8 Å². The van der Waals surface area contributed by atoms with Gasteiger partial charge < -0.3 is 29.5 Å². The van der Waals surface area contributed by atoms with Crippen molar-refractivity contribution in [2.45, 2.75) is 64.5 Å². The fourth-order valence-electron chi connectivity index (χ4n) is 4.23. The first kappa shape index (κ1) is 26.7. The average molecular weight is 487 g/mol. The van der Waals surface area contributed by atoms with Crippen LogP contribution in [-0.4, -0.2) is 66.2 Å². The van der Waals surface area contributed by atoms with Gasteiger partial charge in [0.2, 0.25) is 0 Å². The maximum absolute atomic E-state index is 11.9. The standard InChI is InChI=1S/C26H38N4O5/c1-6-35-25-27-15-20(16-28-25)29-22-14-19(18(2)13-24(31)33-5)7-8-23(22)30(17-26(3,4)32)21-9-11-34-12-10-21/h7-8,14-16,18,21,29,32H,6,9-13,17H2,1-5H3. The normalized spacial score (nSPS) is 15.4. The molecule has 1 fully saturated rings. The summed E-state index contributed by atoms with van der Waals surface area (Å²) in [5, 5.41) is 14.2. The first-order valence-electron chi connectivity index (χ1n) is 12.2. The zero-order valence-corrected chi connectivity index (χ0v) is 21.4. The van der Waals surface area contributed by atoms with Crippen molar-refractivity contribution in [3.8, 4) is 6.01 Å². The number of anilines is 3. The number of rotatable bonds is 11. The van der Waals surface area contributed by atoms with Crippen molar-refractivity contribution in [1.29, 1.82) is 0 Å².